The van der Waals surface area contributed by atoms with E-state index in [1.54, 1.807) is 6.92 Å². The fourth-order valence-electron chi connectivity index (χ4n) is 1.49. The Kier molecular flexibility index (Phi) is 3.23. The number of aromatic nitrogens is 2. The summed E-state index contributed by atoms with van der Waals surface area (Å²) in [7, 11) is 0. The molecule has 1 aromatic heterocycles. The molecule has 92 valence electrons. The molecule has 2 aromatic rings. The molecule has 3 N–H and O–H groups in total. The molecule has 0 radical (unpaired) electrons. The van der Waals surface area contributed by atoms with Crippen LogP contribution in [0.1, 0.15) is 17.0 Å². The van der Waals surface area contributed by atoms with Crippen molar-refractivity contribution < 1.29 is 4.74 Å². The van der Waals surface area contributed by atoms with Crippen molar-refractivity contribution in [2.24, 2.45) is 5.73 Å². The quantitative estimate of drug-likeness (QED) is 0.638. The summed E-state index contributed by atoms with van der Waals surface area (Å²) in [6.07, 6.45) is 1.50. The maximum absolute atomic E-state index is 7.48. The summed E-state index contributed by atoms with van der Waals surface area (Å²) in [5.41, 5.74) is 6.86. The number of rotatable bonds is 3. The molecule has 0 amide bonds. The van der Waals surface area contributed by atoms with E-state index in [-0.39, 0.29) is 5.84 Å². The summed E-state index contributed by atoms with van der Waals surface area (Å²) < 4.78 is 5.71. The minimum Gasteiger partial charge on any atom is -0.438 e. The summed E-state index contributed by atoms with van der Waals surface area (Å²) >= 11 is 0. The summed E-state index contributed by atoms with van der Waals surface area (Å²) in [4.78, 5) is 8.19. The molecule has 1 aromatic carbocycles. The lowest BCUT2D eigenvalue weighted by Crippen LogP contribution is -2.14. The van der Waals surface area contributed by atoms with Gasteiger partial charge in [0.05, 0.1) is 5.56 Å². The molecule has 0 aliphatic heterocycles. The van der Waals surface area contributed by atoms with Gasteiger partial charge < -0.3 is 10.5 Å². The molecule has 18 heavy (non-hydrogen) atoms. The van der Waals surface area contributed by atoms with Gasteiger partial charge >= 0.3 is 0 Å². The summed E-state index contributed by atoms with van der Waals surface area (Å²) in [5, 5.41) is 7.48. The molecule has 5 nitrogen and oxygen atoms in total. The number of nitrogens with one attached hydrogen (secondary N) is 1. The molecule has 0 atom stereocenters. The van der Waals surface area contributed by atoms with E-state index in [1.165, 1.54) is 6.20 Å². The van der Waals surface area contributed by atoms with Crippen LogP contribution in [0.3, 0.4) is 0 Å². The Balaban J connectivity index is 2.42. The van der Waals surface area contributed by atoms with Crippen LogP contribution in [0.15, 0.2) is 30.5 Å². The van der Waals surface area contributed by atoms with Crippen LogP contribution in [0.4, 0.5) is 0 Å². The van der Waals surface area contributed by atoms with Gasteiger partial charge in [0.2, 0.25) is 5.88 Å². The average molecular weight is 242 g/mol. The van der Waals surface area contributed by atoms with Gasteiger partial charge in [-0.15, -0.1) is 0 Å². The number of aryl methyl sites for hydroxylation is 2. The number of benzene rings is 1. The highest BCUT2D eigenvalue weighted by Crippen LogP contribution is 2.25. The Bertz CT molecular complexity index is 595. The molecule has 0 fully saturated rings. The molecule has 2 rings (SSSR count). The standard InChI is InChI=1S/C13H14N4O/c1-8-5-3-4-6-11(8)18-13-10(12(14)15)7-16-9(2)17-13/h3-7H,1-2H3,(H3,14,15). The largest absolute Gasteiger partial charge is 0.438 e. The van der Waals surface area contributed by atoms with E-state index in [1.807, 2.05) is 31.2 Å². The maximum Gasteiger partial charge on any atom is 0.233 e. The molecule has 1 heterocycles. The second-order valence-corrected chi connectivity index (χ2v) is 3.92. The van der Waals surface area contributed by atoms with E-state index < -0.39 is 0 Å². The van der Waals surface area contributed by atoms with E-state index in [2.05, 4.69) is 9.97 Å². The van der Waals surface area contributed by atoms with Gasteiger partial charge in [0.25, 0.3) is 0 Å². The SMILES string of the molecule is Cc1ncc(C(=N)N)c(Oc2ccccc2C)n1. The molecular weight excluding hydrogens is 228 g/mol. The van der Waals surface area contributed by atoms with Gasteiger partial charge in [-0.05, 0) is 25.5 Å². The van der Waals surface area contributed by atoms with Gasteiger partial charge in [-0.1, -0.05) is 18.2 Å². The Labute approximate surface area is 105 Å². The highest BCUT2D eigenvalue weighted by molar-refractivity contribution is 5.96. The second kappa shape index (κ2) is 4.83. The Morgan fingerprint density at radius 3 is 2.67 bits per heavy atom. The third-order valence-electron chi connectivity index (χ3n) is 2.46. The zero-order valence-electron chi connectivity index (χ0n) is 10.3. The molecule has 0 saturated heterocycles. The first kappa shape index (κ1) is 12.0. The van der Waals surface area contributed by atoms with Crippen molar-refractivity contribution in [3.8, 4) is 11.6 Å². The van der Waals surface area contributed by atoms with Gasteiger partial charge in [0.1, 0.15) is 17.4 Å². The number of amidine groups is 1. The van der Waals surface area contributed by atoms with Crippen molar-refractivity contribution in [1.29, 1.82) is 5.41 Å². The first-order chi connectivity index (χ1) is 8.58. The predicted octanol–water partition coefficient (Wildman–Crippen LogP) is 2.17. The van der Waals surface area contributed by atoms with Gasteiger partial charge in [-0.25, -0.2) is 4.98 Å². The highest BCUT2D eigenvalue weighted by Gasteiger charge is 2.11. The van der Waals surface area contributed by atoms with Gasteiger partial charge in [-0.2, -0.15) is 4.98 Å². The molecule has 0 saturated carbocycles. The van der Waals surface area contributed by atoms with Crippen LogP contribution in [-0.2, 0) is 0 Å². The molecular formula is C13H14N4O. The molecule has 5 heteroatoms. The van der Waals surface area contributed by atoms with Crippen molar-refractivity contribution in [2.75, 3.05) is 0 Å². The number of para-hydroxylation sites is 1. The molecule has 0 unspecified atom stereocenters. The van der Waals surface area contributed by atoms with E-state index >= 15 is 0 Å². The summed E-state index contributed by atoms with van der Waals surface area (Å²) in [5.74, 6) is 1.46. The number of nitrogen functional groups attached to an aromatic ring is 1. The van der Waals surface area contributed by atoms with Crippen LogP contribution in [0.2, 0.25) is 0 Å². The maximum atomic E-state index is 7.48. The lowest BCUT2D eigenvalue weighted by molar-refractivity contribution is 0.455. The topological polar surface area (TPSA) is 84.9 Å². The fourth-order valence-corrected chi connectivity index (χ4v) is 1.49. The molecule has 0 bridgehead atoms. The zero-order chi connectivity index (χ0) is 13.1. The normalized spacial score (nSPS) is 10.1. The van der Waals surface area contributed by atoms with Crippen molar-refractivity contribution in [2.45, 2.75) is 13.8 Å². The van der Waals surface area contributed by atoms with E-state index in [9.17, 15) is 0 Å². The van der Waals surface area contributed by atoms with Crippen LogP contribution in [-0.4, -0.2) is 15.8 Å². The zero-order valence-corrected chi connectivity index (χ0v) is 10.3. The second-order valence-electron chi connectivity index (χ2n) is 3.92. The van der Waals surface area contributed by atoms with Gasteiger partial charge in [-0.3, -0.25) is 5.41 Å². The van der Waals surface area contributed by atoms with E-state index in [0.29, 0.717) is 23.0 Å². The van der Waals surface area contributed by atoms with Gasteiger partial charge in [0, 0.05) is 6.20 Å². The number of ether oxygens (including phenoxy) is 1. The Morgan fingerprint density at radius 1 is 1.28 bits per heavy atom. The van der Waals surface area contributed by atoms with Crippen LogP contribution >= 0.6 is 0 Å². The number of hydrogen-bond acceptors (Lipinski definition) is 4. The van der Waals surface area contributed by atoms with Crippen LogP contribution in [0.25, 0.3) is 0 Å². The summed E-state index contributed by atoms with van der Waals surface area (Å²) in [6.45, 7) is 3.70. The third-order valence-corrected chi connectivity index (χ3v) is 2.46. The Hall–Kier alpha value is -2.43. The van der Waals surface area contributed by atoms with Crippen molar-refractivity contribution in [1.82, 2.24) is 9.97 Å². The van der Waals surface area contributed by atoms with E-state index in [4.69, 9.17) is 15.9 Å². The minimum atomic E-state index is -0.112. The predicted molar refractivity (Wildman–Crippen MR) is 69.0 cm³/mol. The van der Waals surface area contributed by atoms with Crippen LogP contribution in [0, 0.1) is 19.3 Å². The number of nitrogens with zero attached hydrogens (tertiary/aromatic N) is 2. The van der Waals surface area contributed by atoms with Crippen molar-refractivity contribution in [3.63, 3.8) is 0 Å². The lowest BCUT2D eigenvalue weighted by atomic mass is 10.2. The van der Waals surface area contributed by atoms with Gasteiger partial charge in [0.15, 0.2) is 0 Å². The number of nitrogens with two attached hydrogens (primary N) is 1. The number of hydrogen-bond donors (Lipinski definition) is 2. The Morgan fingerprint density at radius 2 is 2.00 bits per heavy atom. The molecule has 0 spiro atoms. The van der Waals surface area contributed by atoms with Crippen LogP contribution in [0.5, 0.6) is 11.6 Å². The van der Waals surface area contributed by atoms with E-state index in [0.717, 1.165) is 5.56 Å². The minimum absolute atomic E-state index is 0.112. The third kappa shape index (κ3) is 2.45. The van der Waals surface area contributed by atoms with Crippen molar-refractivity contribution >= 4 is 5.84 Å². The first-order valence-corrected chi connectivity index (χ1v) is 5.49. The average Bonchev–Trinajstić information content (AvgIpc) is 2.32. The van der Waals surface area contributed by atoms with Crippen molar-refractivity contribution in [3.05, 3.63) is 47.4 Å². The smallest absolute Gasteiger partial charge is 0.233 e. The molecule has 0 aliphatic carbocycles. The monoisotopic (exact) mass is 242 g/mol. The highest BCUT2D eigenvalue weighted by atomic mass is 16.5. The fraction of sp³-hybridized carbons (Fsp3) is 0.154. The van der Waals surface area contributed by atoms with Crippen LogP contribution < -0.4 is 10.5 Å². The first-order valence-electron chi connectivity index (χ1n) is 5.49. The lowest BCUT2D eigenvalue weighted by Gasteiger charge is -2.10. The summed E-state index contributed by atoms with van der Waals surface area (Å²) in [6, 6.07) is 7.59. The molecule has 0 aliphatic rings.